The van der Waals surface area contributed by atoms with Crippen molar-refractivity contribution in [2.24, 2.45) is 0 Å². The number of carbonyl (C=O) groups excluding carboxylic acids is 1. The molecule has 1 fully saturated rings. The van der Waals surface area contributed by atoms with Gasteiger partial charge in [-0.25, -0.2) is 0 Å². The summed E-state index contributed by atoms with van der Waals surface area (Å²) in [6, 6.07) is 15.7. The molecule has 0 bridgehead atoms. The van der Waals surface area contributed by atoms with E-state index in [2.05, 4.69) is 11.4 Å². The first-order valence-electron chi connectivity index (χ1n) is 7.63. The summed E-state index contributed by atoms with van der Waals surface area (Å²) < 4.78 is 5.46. The Morgan fingerprint density at radius 3 is 2.45 bits per heavy atom. The second kappa shape index (κ2) is 5.84. The van der Waals surface area contributed by atoms with Crippen molar-refractivity contribution in [2.75, 3.05) is 13.7 Å². The predicted octanol–water partition coefficient (Wildman–Crippen LogP) is 3.47. The number of amides is 1. The number of hydrogen-bond donors (Lipinski definition) is 1. The van der Waals surface area contributed by atoms with E-state index in [1.54, 1.807) is 7.11 Å². The van der Waals surface area contributed by atoms with E-state index in [9.17, 15) is 4.79 Å². The van der Waals surface area contributed by atoms with Gasteiger partial charge in [0.25, 0.3) is 5.91 Å². The molecule has 22 heavy (non-hydrogen) atoms. The number of hydrogen-bond acceptors (Lipinski definition) is 2. The minimum absolute atomic E-state index is 0.0128. The molecule has 3 heteroatoms. The summed E-state index contributed by atoms with van der Waals surface area (Å²) in [5.74, 6) is 0.894. The van der Waals surface area contributed by atoms with E-state index >= 15 is 0 Å². The molecule has 0 aromatic heterocycles. The largest absolute Gasteiger partial charge is 0.496 e. The first kappa shape index (κ1) is 14.6. The van der Waals surface area contributed by atoms with E-state index in [0.29, 0.717) is 12.1 Å². The van der Waals surface area contributed by atoms with Crippen LogP contribution in [0.2, 0.25) is 0 Å². The van der Waals surface area contributed by atoms with Crippen LogP contribution in [0.3, 0.4) is 0 Å². The maximum absolute atomic E-state index is 12.3. The van der Waals surface area contributed by atoms with Gasteiger partial charge < -0.3 is 10.1 Å². The molecule has 2 aromatic rings. The summed E-state index contributed by atoms with van der Waals surface area (Å²) >= 11 is 0. The van der Waals surface area contributed by atoms with E-state index in [0.717, 1.165) is 24.2 Å². The van der Waals surface area contributed by atoms with Crippen LogP contribution in [0.15, 0.2) is 48.5 Å². The molecule has 0 heterocycles. The molecule has 2 aromatic carbocycles. The lowest BCUT2D eigenvalue weighted by atomic mass is 9.94. The molecule has 1 amide bonds. The summed E-state index contributed by atoms with van der Waals surface area (Å²) in [7, 11) is 1.69. The zero-order chi connectivity index (χ0) is 15.6. The molecule has 0 radical (unpaired) electrons. The first-order chi connectivity index (χ1) is 10.6. The molecule has 0 atom stereocenters. The van der Waals surface area contributed by atoms with Crippen LogP contribution in [0, 0.1) is 6.92 Å². The Labute approximate surface area is 131 Å². The van der Waals surface area contributed by atoms with Gasteiger partial charge in [0.2, 0.25) is 0 Å². The number of carbonyl (C=O) groups is 1. The summed E-state index contributed by atoms with van der Waals surface area (Å²) in [4.78, 5) is 12.3. The molecule has 114 valence electrons. The van der Waals surface area contributed by atoms with Crippen molar-refractivity contribution in [2.45, 2.75) is 25.2 Å². The van der Waals surface area contributed by atoms with Crippen molar-refractivity contribution in [3.05, 3.63) is 65.2 Å². The van der Waals surface area contributed by atoms with Gasteiger partial charge in [-0.05, 0) is 38.0 Å². The Bertz CT molecular complexity index is 672. The summed E-state index contributed by atoms with van der Waals surface area (Å²) in [5.41, 5.74) is 3.10. The Kier molecular flexibility index (Phi) is 3.88. The van der Waals surface area contributed by atoms with Gasteiger partial charge >= 0.3 is 0 Å². The number of aryl methyl sites for hydroxylation is 1. The lowest BCUT2D eigenvalue weighted by Crippen LogP contribution is -2.32. The van der Waals surface area contributed by atoms with Crippen LogP contribution in [-0.2, 0) is 5.41 Å². The SMILES string of the molecule is COc1ccccc1C1(CNC(=O)c2ccc(C)cc2)CC1. The number of methoxy groups -OCH3 is 1. The van der Waals surface area contributed by atoms with Crippen molar-refractivity contribution >= 4 is 5.91 Å². The first-order valence-corrected chi connectivity index (χ1v) is 7.63. The summed E-state index contributed by atoms with van der Waals surface area (Å²) in [5, 5.41) is 3.08. The molecule has 0 spiro atoms. The van der Waals surface area contributed by atoms with Crippen LogP contribution >= 0.6 is 0 Å². The number of para-hydroxylation sites is 1. The molecule has 0 saturated heterocycles. The fourth-order valence-electron chi connectivity index (χ4n) is 2.83. The predicted molar refractivity (Wildman–Crippen MR) is 87.4 cm³/mol. The summed E-state index contributed by atoms with van der Waals surface area (Å²) in [6.45, 7) is 2.67. The fourth-order valence-corrected chi connectivity index (χ4v) is 2.83. The van der Waals surface area contributed by atoms with Gasteiger partial charge in [0.05, 0.1) is 7.11 Å². The lowest BCUT2D eigenvalue weighted by molar-refractivity contribution is 0.0949. The van der Waals surface area contributed by atoms with Crippen LogP contribution in [0.4, 0.5) is 0 Å². The van der Waals surface area contributed by atoms with Gasteiger partial charge in [-0.2, -0.15) is 0 Å². The number of ether oxygens (including phenoxy) is 1. The van der Waals surface area contributed by atoms with Gasteiger partial charge in [-0.15, -0.1) is 0 Å². The highest BCUT2D eigenvalue weighted by molar-refractivity contribution is 5.94. The molecule has 1 saturated carbocycles. The maximum Gasteiger partial charge on any atom is 0.251 e. The monoisotopic (exact) mass is 295 g/mol. The van der Waals surface area contributed by atoms with E-state index in [-0.39, 0.29) is 11.3 Å². The molecule has 1 aliphatic rings. The molecule has 3 nitrogen and oxygen atoms in total. The molecule has 0 aliphatic heterocycles. The molecular formula is C19H21NO2. The highest BCUT2D eigenvalue weighted by atomic mass is 16.5. The van der Waals surface area contributed by atoms with E-state index in [1.807, 2.05) is 49.4 Å². The molecule has 1 aliphatic carbocycles. The summed E-state index contributed by atoms with van der Waals surface area (Å²) in [6.07, 6.45) is 2.17. The van der Waals surface area contributed by atoms with Crippen molar-refractivity contribution < 1.29 is 9.53 Å². The van der Waals surface area contributed by atoms with E-state index < -0.39 is 0 Å². The minimum atomic E-state index is -0.0128. The van der Waals surface area contributed by atoms with Crippen molar-refractivity contribution in [1.29, 1.82) is 0 Å². The van der Waals surface area contributed by atoms with E-state index in [4.69, 9.17) is 4.74 Å². The second-order valence-electron chi connectivity index (χ2n) is 6.03. The zero-order valence-electron chi connectivity index (χ0n) is 13.1. The van der Waals surface area contributed by atoms with Gasteiger partial charge in [0.15, 0.2) is 0 Å². The van der Waals surface area contributed by atoms with Crippen LogP contribution in [-0.4, -0.2) is 19.6 Å². The quantitative estimate of drug-likeness (QED) is 0.917. The Morgan fingerprint density at radius 2 is 1.82 bits per heavy atom. The molecule has 1 N–H and O–H groups in total. The highest BCUT2D eigenvalue weighted by Crippen LogP contribution is 2.50. The Morgan fingerprint density at radius 1 is 1.14 bits per heavy atom. The van der Waals surface area contributed by atoms with Gasteiger partial charge in [0, 0.05) is 23.1 Å². The highest BCUT2D eigenvalue weighted by Gasteiger charge is 2.46. The minimum Gasteiger partial charge on any atom is -0.496 e. The smallest absolute Gasteiger partial charge is 0.251 e. The molecule has 0 unspecified atom stereocenters. The van der Waals surface area contributed by atoms with Crippen molar-refractivity contribution in [3.8, 4) is 5.75 Å². The van der Waals surface area contributed by atoms with Crippen LogP contribution in [0.1, 0.15) is 34.3 Å². The second-order valence-corrected chi connectivity index (χ2v) is 6.03. The number of nitrogens with one attached hydrogen (secondary N) is 1. The maximum atomic E-state index is 12.3. The van der Waals surface area contributed by atoms with Crippen LogP contribution in [0.5, 0.6) is 5.75 Å². The average molecular weight is 295 g/mol. The van der Waals surface area contributed by atoms with Gasteiger partial charge in [-0.3, -0.25) is 4.79 Å². The number of benzene rings is 2. The van der Waals surface area contributed by atoms with Gasteiger partial charge in [0.1, 0.15) is 5.75 Å². The normalized spacial score (nSPS) is 15.2. The Hall–Kier alpha value is -2.29. The fraction of sp³-hybridized carbons (Fsp3) is 0.316. The number of rotatable bonds is 5. The van der Waals surface area contributed by atoms with Gasteiger partial charge in [-0.1, -0.05) is 35.9 Å². The van der Waals surface area contributed by atoms with Crippen molar-refractivity contribution in [1.82, 2.24) is 5.32 Å². The standard InChI is InChI=1S/C19H21NO2/c1-14-7-9-15(10-8-14)18(21)20-13-19(11-12-19)16-5-3-4-6-17(16)22-2/h3-10H,11-13H2,1-2H3,(H,20,21). The van der Waals surface area contributed by atoms with Crippen molar-refractivity contribution in [3.63, 3.8) is 0 Å². The molecule has 3 rings (SSSR count). The lowest BCUT2D eigenvalue weighted by Gasteiger charge is -2.19. The third-order valence-electron chi connectivity index (χ3n) is 4.43. The molecular weight excluding hydrogens is 274 g/mol. The van der Waals surface area contributed by atoms with Crippen LogP contribution < -0.4 is 10.1 Å². The average Bonchev–Trinajstić information content (AvgIpc) is 3.34. The third kappa shape index (κ3) is 2.84. The topological polar surface area (TPSA) is 38.3 Å². The Balaban J connectivity index is 1.70. The zero-order valence-corrected chi connectivity index (χ0v) is 13.1. The van der Waals surface area contributed by atoms with E-state index in [1.165, 1.54) is 5.56 Å². The third-order valence-corrected chi connectivity index (χ3v) is 4.43. The van der Waals surface area contributed by atoms with Crippen LogP contribution in [0.25, 0.3) is 0 Å².